The maximum Gasteiger partial charge on any atom is 0.105 e. The summed E-state index contributed by atoms with van der Waals surface area (Å²) < 4.78 is 0. The van der Waals surface area contributed by atoms with Crippen LogP contribution >= 0.6 is 0 Å². The Morgan fingerprint density at radius 3 is 2.36 bits per heavy atom. The average molecular weight is 192 g/mol. The first-order valence-corrected chi connectivity index (χ1v) is 5.18. The lowest BCUT2D eigenvalue weighted by molar-refractivity contribution is 0.0102. The van der Waals surface area contributed by atoms with Crippen molar-refractivity contribution in [2.24, 2.45) is 5.92 Å². The van der Waals surface area contributed by atoms with Gasteiger partial charge in [-0.25, -0.2) is 0 Å². The lowest BCUT2D eigenvalue weighted by Gasteiger charge is -2.17. The highest BCUT2D eigenvalue weighted by Gasteiger charge is 2.28. The van der Waals surface area contributed by atoms with Crippen LogP contribution in [0.3, 0.4) is 0 Å². The summed E-state index contributed by atoms with van der Waals surface area (Å²) in [4.78, 5) is 0. The Kier molecular flexibility index (Phi) is 2.85. The summed E-state index contributed by atoms with van der Waals surface area (Å²) in [6, 6.07) is 9.36. The zero-order chi connectivity index (χ0) is 9.97. The third kappa shape index (κ3) is 2.34. The van der Waals surface area contributed by atoms with E-state index in [-0.39, 0.29) is 0 Å². The monoisotopic (exact) mass is 192 g/mol. The molecule has 0 heterocycles. The molecule has 2 heteroatoms. The van der Waals surface area contributed by atoms with Gasteiger partial charge in [-0.15, -0.1) is 0 Å². The summed E-state index contributed by atoms with van der Waals surface area (Å²) in [5.74, 6) is 0.642. The Bertz CT molecular complexity index is 280. The quantitative estimate of drug-likeness (QED) is 0.764. The molecule has 1 aromatic carbocycles. The van der Waals surface area contributed by atoms with Gasteiger partial charge in [0.25, 0.3) is 0 Å². The molecule has 1 aliphatic rings. The van der Waals surface area contributed by atoms with E-state index in [2.05, 4.69) is 0 Å². The van der Waals surface area contributed by atoms with Crippen LogP contribution in [0.5, 0.6) is 0 Å². The molecule has 0 amide bonds. The summed E-state index contributed by atoms with van der Waals surface area (Å²) in [5.41, 5.74) is 0.806. The van der Waals surface area contributed by atoms with Crippen LogP contribution in [0.4, 0.5) is 0 Å². The van der Waals surface area contributed by atoms with Crippen molar-refractivity contribution in [1.82, 2.24) is 0 Å². The van der Waals surface area contributed by atoms with Gasteiger partial charge in [-0.1, -0.05) is 43.2 Å². The molecule has 0 saturated heterocycles. The Hall–Kier alpha value is -0.860. The third-order valence-electron chi connectivity index (χ3n) is 2.78. The highest BCUT2D eigenvalue weighted by molar-refractivity contribution is 5.18. The zero-order valence-corrected chi connectivity index (χ0v) is 8.13. The van der Waals surface area contributed by atoms with E-state index in [1.807, 2.05) is 30.3 Å². The Morgan fingerprint density at radius 2 is 1.79 bits per heavy atom. The fourth-order valence-corrected chi connectivity index (χ4v) is 1.70. The normalized spacial score (nSPS) is 20.4. The molecule has 0 radical (unpaired) electrons. The molecule has 0 aliphatic heterocycles. The van der Waals surface area contributed by atoms with Gasteiger partial charge in [0.1, 0.15) is 6.10 Å². The zero-order valence-electron chi connectivity index (χ0n) is 8.13. The van der Waals surface area contributed by atoms with E-state index in [9.17, 15) is 10.2 Å². The van der Waals surface area contributed by atoms with Crippen molar-refractivity contribution in [1.29, 1.82) is 0 Å². The fraction of sp³-hybridized carbons (Fsp3) is 0.500. The van der Waals surface area contributed by atoms with Crippen molar-refractivity contribution in [2.45, 2.75) is 31.5 Å². The Balaban J connectivity index is 1.96. The van der Waals surface area contributed by atoms with Gasteiger partial charge in [0, 0.05) is 0 Å². The highest BCUT2D eigenvalue weighted by atomic mass is 16.3. The van der Waals surface area contributed by atoms with Crippen LogP contribution in [-0.4, -0.2) is 16.3 Å². The number of rotatable bonds is 4. The molecule has 0 bridgehead atoms. The molecule has 2 unspecified atom stereocenters. The molecule has 76 valence electrons. The maximum atomic E-state index is 9.82. The smallest absolute Gasteiger partial charge is 0.105 e. The summed E-state index contributed by atoms with van der Waals surface area (Å²) in [7, 11) is 0. The van der Waals surface area contributed by atoms with Crippen LogP contribution in [0.15, 0.2) is 30.3 Å². The first-order chi connectivity index (χ1) is 6.77. The molecule has 0 spiro atoms. The van der Waals surface area contributed by atoms with Gasteiger partial charge in [0.2, 0.25) is 0 Å². The minimum Gasteiger partial charge on any atom is -0.390 e. The minimum absolute atomic E-state index is 0.607. The second kappa shape index (κ2) is 4.11. The fourth-order valence-electron chi connectivity index (χ4n) is 1.70. The number of hydrogen-bond acceptors (Lipinski definition) is 2. The number of hydrogen-bond donors (Lipinski definition) is 2. The van der Waals surface area contributed by atoms with E-state index >= 15 is 0 Å². The third-order valence-corrected chi connectivity index (χ3v) is 2.78. The largest absolute Gasteiger partial charge is 0.390 e. The SMILES string of the molecule is OC(CC1CC1)C(O)c1ccccc1. The molecule has 1 aromatic rings. The molecular weight excluding hydrogens is 176 g/mol. The number of aliphatic hydroxyl groups excluding tert-OH is 2. The van der Waals surface area contributed by atoms with Gasteiger partial charge < -0.3 is 10.2 Å². The summed E-state index contributed by atoms with van der Waals surface area (Å²) in [6.07, 6.45) is 1.81. The number of aliphatic hydroxyl groups is 2. The van der Waals surface area contributed by atoms with Crippen LogP contribution in [0.25, 0.3) is 0 Å². The van der Waals surface area contributed by atoms with Gasteiger partial charge >= 0.3 is 0 Å². The molecule has 2 atom stereocenters. The lowest BCUT2D eigenvalue weighted by Crippen LogP contribution is -2.18. The molecule has 2 nitrogen and oxygen atoms in total. The first kappa shape index (κ1) is 9.69. The average Bonchev–Trinajstić information content (AvgIpc) is 3.02. The topological polar surface area (TPSA) is 40.5 Å². The Labute approximate surface area is 84.2 Å². The predicted octanol–water partition coefficient (Wildman–Crippen LogP) is 1.88. The second-order valence-electron chi connectivity index (χ2n) is 4.10. The molecule has 1 aliphatic carbocycles. The van der Waals surface area contributed by atoms with Gasteiger partial charge in [0.05, 0.1) is 6.10 Å². The molecule has 0 aromatic heterocycles. The van der Waals surface area contributed by atoms with Crippen LogP contribution < -0.4 is 0 Å². The van der Waals surface area contributed by atoms with Crippen molar-refractivity contribution in [3.05, 3.63) is 35.9 Å². The standard InChI is InChI=1S/C12H16O2/c13-11(8-9-6-7-9)12(14)10-4-2-1-3-5-10/h1-5,9,11-14H,6-8H2. The van der Waals surface area contributed by atoms with Crippen LogP contribution in [0.2, 0.25) is 0 Å². The predicted molar refractivity (Wildman–Crippen MR) is 54.7 cm³/mol. The highest BCUT2D eigenvalue weighted by Crippen LogP contribution is 2.36. The van der Waals surface area contributed by atoms with E-state index in [1.165, 1.54) is 12.8 Å². The maximum absolute atomic E-state index is 9.82. The molecule has 1 saturated carbocycles. The summed E-state index contributed by atoms with van der Waals surface area (Å²) >= 11 is 0. The van der Waals surface area contributed by atoms with Gasteiger partial charge in [-0.05, 0) is 17.9 Å². The van der Waals surface area contributed by atoms with Gasteiger partial charge in [-0.2, -0.15) is 0 Å². The van der Waals surface area contributed by atoms with Crippen LogP contribution in [-0.2, 0) is 0 Å². The van der Waals surface area contributed by atoms with Crippen molar-refractivity contribution < 1.29 is 10.2 Å². The van der Waals surface area contributed by atoms with Crippen molar-refractivity contribution in [2.75, 3.05) is 0 Å². The molecule has 14 heavy (non-hydrogen) atoms. The molecule has 2 rings (SSSR count). The van der Waals surface area contributed by atoms with E-state index in [1.54, 1.807) is 0 Å². The van der Waals surface area contributed by atoms with Gasteiger partial charge in [0.15, 0.2) is 0 Å². The van der Waals surface area contributed by atoms with Crippen molar-refractivity contribution >= 4 is 0 Å². The van der Waals surface area contributed by atoms with Crippen molar-refractivity contribution in [3.63, 3.8) is 0 Å². The van der Waals surface area contributed by atoms with E-state index in [4.69, 9.17) is 0 Å². The second-order valence-corrected chi connectivity index (χ2v) is 4.10. The van der Waals surface area contributed by atoms with E-state index in [0.717, 1.165) is 12.0 Å². The van der Waals surface area contributed by atoms with Gasteiger partial charge in [-0.3, -0.25) is 0 Å². The van der Waals surface area contributed by atoms with Crippen LogP contribution in [0.1, 0.15) is 30.9 Å². The van der Waals surface area contributed by atoms with Crippen LogP contribution in [0, 0.1) is 5.92 Å². The molecule has 2 N–H and O–H groups in total. The molecular formula is C12H16O2. The molecule has 1 fully saturated rings. The van der Waals surface area contributed by atoms with E-state index < -0.39 is 12.2 Å². The van der Waals surface area contributed by atoms with E-state index in [0.29, 0.717) is 5.92 Å². The lowest BCUT2D eigenvalue weighted by atomic mass is 10.0. The van der Waals surface area contributed by atoms with Crippen molar-refractivity contribution in [3.8, 4) is 0 Å². The summed E-state index contributed by atoms with van der Waals surface area (Å²) in [5, 5.41) is 19.5. The minimum atomic E-state index is -0.725. The first-order valence-electron chi connectivity index (χ1n) is 5.18. The Morgan fingerprint density at radius 1 is 1.14 bits per heavy atom. The summed E-state index contributed by atoms with van der Waals surface area (Å²) in [6.45, 7) is 0. The number of benzene rings is 1.